The fraction of sp³-hybridized carbons (Fsp3) is 0.333. The Hall–Kier alpha value is 0.990. The molecule has 0 saturated heterocycles. The minimum Gasteiger partial charge on any atom is -0.122 e. The molecule has 0 bridgehead atoms. The van der Waals surface area contributed by atoms with Crippen molar-refractivity contribution in [1.29, 1.82) is 0 Å². The fourth-order valence-electron chi connectivity index (χ4n) is 0.0583. The third kappa shape index (κ3) is 4.99. The van der Waals surface area contributed by atoms with Crippen molar-refractivity contribution in [1.82, 2.24) is 0 Å². The van der Waals surface area contributed by atoms with Crippen molar-refractivity contribution in [3.8, 4) is 0 Å². The van der Waals surface area contributed by atoms with Gasteiger partial charge in [0.05, 0.1) is 3.39 Å². The van der Waals surface area contributed by atoms with Gasteiger partial charge in [-0.2, -0.15) is 0 Å². The van der Waals surface area contributed by atoms with Crippen LogP contribution >= 0.6 is 43.5 Å². The Morgan fingerprint density at radius 2 is 2.17 bits per heavy atom. The maximum Gasteiger partial charge on any atom is 0.0576 e. The van der Waals surface area contributed by atoms with Gasteiger partial charge in [0.15, 0.2) is 0 Å². The van der Waals surface area contributed by atoms with E-state index in [0.717, 1.165) is 3.39 Å². The smallest absolute Gasteiger partial charge is 0.0576 e. The topological polar surface area (TPSA) is 0 Å². The highest BCUT2D eigenvalue weighted by molar-refractivity contribution is 9.28. The Morgan fingerprint density at radius 3 is 2.17 bits per heavy atom. The normalized spacial score (nSPS) is 7.83. The van der Waals surface area contributed by atoms with Crippen molar-refractivity contribution in [2.24, 2.45) is 0 Å². The van der Waals surface area contributed by atoms with Crippen molar-refractivity contribution in [2.75, 3.05) is 5.88 Å². The van der Waals surface area contributed by atoms with Crippen LogP contribution in [0.3, 0.4) is 0 Å². The number of hydrogen-bond donors (Lipinski definition) is 0. The molecule has 36 valence electrons. The van der Waals surface area contributed by atoms with Gasteiger partial charge in [-0.25, -0.2) is 0 Å². The first-order valence-electron chi connectivity index (χ1n) is 1.34. The van der Waals surface area contributed by atoms with Gasteiger partial charge in [0.1, 0.15) is 0 Å². The maximum atomic E-state index is 5.26. The van der Waals surface area contributed by atoms with Gasteiger partial charge in [-0.1, -0.05) is 0 Å². The zero-order valence-electron chi connectivity index (χ0n) is 2.92. The predicted octanol–water partition coefficient (Wildman–Crippen LogP) is 2.86. The van der Waals surface area contributed by atoms with Gasteiger partial charge < -0.3 is 0 Å². The van der Waals surface area contributed by atoms with E-state index in [0.29, 0.717) is 5.88 Å². The summed E-state index contributed by atoms with van der Waals surface area (Å²) in [5.74, 6) is 0.547. The van der Waals surface area contributed by atoms with Gasteiger partial charge in [0.25, 0.3) is 0 Å². The van der Waals surface area contributed by atoms with Crippen molar-refractivity contribution in [3.63, 3.8) is 0 Å². The molecule has 0 N–H and O–H groups in total. The maximum absolute atomic E-state index is 5.26. The third-order valence-corrected chi connectivity index (χ3v) is 1.03. The first-order chi connectivity index (χ1) is 2.77. The van der Waals surface area contributed by atoms with Crippen LogP contribution in [0.1, 0.15) is 0 Å². The highest BCUT2D eigenvalue weighted by atomic mass is 79.9. The summed E-state index contributed by atoms with van der Waals surface area (Å²) in [4.78, 5) is 0. The summed E-state index contributed by atoms with van der Waals surface area (Å²) >= 11 is 11.5. The van der Waals surface area contributed by atoms with E-state index in [1.807, 2.05) is 6.08 Å². The highest BCUT2D eigenvalue weighted by Crippen LogP contribution is 2.11. The van der Waals surface area contributed by atoms with E-state index in [9.17, 15) is 0 Å². The quantitative estimate of drug-likeness (QED) is 0.612. The Balaban J connectivity index is 3.14. The van der Waals surface area contributed by atoms with E-state index < -0.39 is 0 Å². The van der Waals surface area contributed by atoms with E-state index in [-0.39, 0.29) is 0 Å². The molecule has 0 spiro atoms. The van der Waals surface area contributed by atoms with Gasteiger partial charge >= 0.3 is 0 Å². The van der Waals surface area contributed by atoms with Crippen LogP contribution in [0.5, 0.6) is 0 Å². The molecule has 0 atom stereocenters. The molecule has 0 aliphatic rings. The lowest BCUT2D eigenvalue weighted by Crippen LogP contribution is -1.54. The molecule has 0 aliphatic carbocycles. The molecule has 0 aromatic rings. The molecule has 0 nitrogen and oxygen atoms in total. The zero-order valence-corrected chi connectivity index (χ0v) is 6.85. The second-order valence-corrected chi connectivity index (χ2v) is 3.73. The van der Waals surface area contributed by atoms with Crippen LogP contribution in [0.4, 0.5) is 0 Å². The molecule has 0 radical (unpaired) electrons. The van der Waals surface area contributed by atoms with Crippen molar-refractivity contribution in [3.05, 3.63) is 9.47 Å². The summed E-state index contributed by atoms with van der Waals surface area (Å²) in [7, 11) is 0. The molecule has 0 aromatic heterocycles. The van der Waals surface area contributed by atoms with Crippen LogP contribution in [0, 0.1) is 0 Å². The third-order valence-electron chi connectivity index (χ3n) is 0.231. The lowest BCUT2D eigenvalue weighted by atomic mass is 10.8. The molecule has 0 amide bonds. The van der Waals surface area contributed by atoms with Crippen LogP contribution < -0.4 is 0 Å². The summed E-state index contributed by atoms with van der Waals surface area (Å²) < 4.78 is 0.907. The van der Waals surface area contributed by atoms with Crippen LogP contribution in [-0.4, -0.2) is 5.88 Å². The van der Waals surface area contributed by atoms with Gasteiger partial charge in [-0.15, -0.1) is 11.6 Å². The van der Waals surface area contributed by atoms with Crippen molar-refractivity contribution in [2.45, 2.75) is 0 Å². The summed E-state index contributed by atoms with van der Waals surface area (Å²) in [6.45, 7) is 0. The molecule has 0 aliphatic heterocycles. The van der Waals surface area contributed by atoms with Gasteiger partial charge in [-0.05, 0) is 37.9 Å². The average Bonchev–Trinajstić information content (AvgIpc) is 1.35. The predicted molar refractivity (Wildman–Crippen MR) is 36.7 cm³/mol. The Labute approximate surface area is 58.8 Å². The van der Waals surface area contributed by atoms with Gasteiger partial charge in [0, 0.05) is 5.88 Å². The van der Waals surface area contributed by atoms with E-state index in [1.54, 1.807) is 0 Å². The lowest BCUT2D eigenvalue weighted by Gasteiger charge is -1.73. The average molecular weight is 234 g/mol. The summed E-state index contributed by atoms with van der Waals surface area (Å²) in [5, 5.41) is 0. The van der Waals surface area contributed by atoms with Crippen molar-refractivity contribution >= 4 is 43.5 Å². The summed E-state index contributed by atoms with van der Waals surface area (Å²) in [5.41, 5.74) is 0. The minimum atomic E-state index is 0.547. The highest BCUT2D eigenvalue weighted by Gasteiger charge is 1.73. The molecule has 0 aromatic carbocycles. The largest absolute Gasteiger partial charge is 0.122 e. The van der Waals surface area contributed by atoms with Crippen LogP contribution in [0.2, 0.25) is 0 Å². The number of rotatable bonds is 1. The molecule has 3 heteroatoms. The van der Waals surface area contributed by atoms with Crippen LogP contribution in [0.25, 0.3) is 0 Å². The first-order valence-corrected chi connectivity index (χ1v) is 3.46. The summed E-state index contributed by atoms with van der Waals surface area (Å²) in [6, 6.07) is 0. The zero-order chi connectivity index (χ0) is 4.99. The Bertz CT molecular complexity index is 55.8. The van der Waals surface area contributed by atoms with Crippen LogP contribution in [-0.2, 0) is 0 Å². The minimum absolute atomic E-state index is 0.547. The second-order valence-electron chi connectivity index (χ2n) is 0.648. The molecule has 0 rings (SSSR count). The monoisotopic (exact) mass is 232 g/mol. The van der Waals surface area contributed by atoms with E-state index in [2.05, 4.69) is 31.9 Å². The Kier molecular flexibility index (Phi) is 4.84. The first kappa shape index (κ1) is 6.99. The molecule has 0 saturated carbocycles. The lowest BCUT2D eigenvalue weighted by molar-refractivity contribution is 1.78. The number of alkyl halides is 1. The van der Waals surface area contributed by atoms with Gasteiger partial charge in [0.2, 0.25) is 0 Å². The van der Waals surface area contributed by atoms with Crippen molar-refractivity contribution < 1.29 is 0 Å². The number of halogens is 3. The number of hydrogen-bond acceptors (Lipinski definition) is 0. The van der Waals surface area contributed by atoms with Crippen LogP contribution in [0.15, 0.2) is 9.47 Å². The molecule has 6 heavy (non-hydrogen) atoms. The van der Waals surface area contributed by atoms with E-state index in [1.165, 1.54) is 0 Å². The molecular formula is C3H3Br2Cl. The molecular weight excluding hydrogens is 231 g/mol. The SMILES string of the molecule is ClCC=C(Br)Br. The summed E-state index contributed by atoms with van der Waals surface area (Å²) in [6.07, 6.45) is 1.81. The van der Waals surface area contributed by atoms with E-state index >= 15 is 0 Å². The molecule has 0 heterocycles. The Morgan fingerprint density at radius 1 is 1.67 bits per heavy atom. The van der Waals surface area contributed by atoms with Gasteiger partial charge in [-0.3, -0.25) is 0 Å². The fourth-order valence-corrected chi connectivity index (χ4v) is 0.909. The second kappa shape index (κ2) is 4.16. The molecule has 0 unspecified atom stereocenters. The molecule has 0 fully saturated rings. The van der Waals surface area contributed by atoms with E-state index in [4.69, 9.17) is 11.6 Å². The standard InChI is InChI=1S/C3H3Br2Cl/c4-3(5)1-2-6/h1H,2H2. The number of allylic oxidation sites excluding steroid dienone is 1.